The number of imidazole rings is 1. The molecule has 0 unspecified atom stereocenters. The normalized spacial score (nSPS) is 12.3. The molecule has 0 radical (unpaired) electrons. The monoisotopic (exact) mass is 641 g/mol. The van der Waals surface area contributed by atoms with E-state index in [-0.39, 0.29) is 29.5 Å². The SMILES string of the molecule is CCOC(=O)c1c(C(C)C)nc(CC)n1Cc1ccc2oc(-c3ccccc3NS(=O)(=O)C(F)(F)F)c(Br)c2c1. The molecule has 2 aromatic heterocycles. The molecule has 0 aliphatic carbocycles. The van der Waals surface area contributed by atoms with Crippen molar-refractivity contribution in [2.24, 2.45) is 0 Å². The van der Waals surface area contributed by atoms with Gasteiger partial charge >= 0.3 is 21.5 Å². The van der Waals surface area contributed by atoms with Gasteiger partial charge in [-0.25, -0.2) is 9.78 Å². The summed E-state index contributed by atoms with van der Waals surface area (Å²) in [5, 5.41) is 0.612. The highest BCUT2D eigenvalue weighted by atomic mass is 79.9. The number of halogens is 4. The van der Waals surface area contributed by atoms with Gasteiger partial charge in [0.25, 0.3) is 0 Å². The van der Waals surface area contributed by atoms with E-state index in [1.54, 1.807) is 23.8 Å². The molecule has 4 rings (SSSR count). The first-order valence-electron chi connectivity index (χ1n) is 12.4. The summed E-state index contributed by atoms with van der Waals surface area (Å²) in [6, 6.07) is 11.0. The summed E-state index contributed by atoms with van der Waals surface area (Å²) in [6.07, 6.45) is 0.589. The summed E-state index contributed by atoms with van der Waals surface area (Å²) >= 11 is 3.48. The van der Waals surface area contributed by atoms with Gasteiger partial charge in [-0.05, 0) is 58.6 Å². The van der Waals surface area contributed by atoms with Gasteiger partial charge in [0.15, 0.2) is 11.5 Å². The Kier molecular flexibility index (Phi) is 8.36. The first kappa shape index (κ1) is 29.7. The Balaban J connectivity index is 1.78. The first-order valence-corrected chi connectivity index (χ1v) is 14.7. The van der Waals surface area contributed by atoms with Crippen LogP contribution < -0.4 is 4.72 Å². The third-order valence-electron chi connectivity index (χ3n) is 6.16. The van der Waals surface area contributed by atoms with Crippen LogP contribution in [0.1, 0.15) is 61.2 Å². The number of sulfonamides is 1. The number of anilines is 1. The van der Waals surface area contributed by atoms with Crippen molar-refractivity contribution in [1.82, 2.24) is 9.55 Å². The number of esters is 1. The quantitative estimate of drug-likeness (QED) is 0.193. The lowest BCUT2D eigenvalue weighted by atomic mass is 10.1. The zero-order valence-corrected chi connectivity index (χ0v) is 24.5. The molecule has 8 nitrogen and oxygen atoms in total. The van der Waals surface area contributed by atoms with E-state index in [0.29, 0.717) is 39.8 Å². The molecule has 2 aromatic carbocycles. The summed E-state index contributed by atoms with van der Waals surface area (Å²) in [4.78, 5) is 17.6. The minimum atomic E-state index is -5.65. The van der Waals surface area contributed by atoms with Crippen LogP contribution in [0.2, 0.25) is 0 Å². The Morgan fingerprint density at radius 2 is 1.88 bits per heavy atom. The Bertz CT molecular complexity index is 1680. The number of benzene rings is 2. The van der Waals surface area contributed by atoms with Crippen LogP contribution in [-0.4, -0.2) is 36.1 Å². The molecule has 214 valence electrons. The van der Waals surface area contributed by atoms with Crippen molar-refractivity contribution in [3.8, 4) is 11.3 Å². The number of carbonyl (C=O) groups excluding carboxylic acids is 1. The largest absolute Gasteiger partial charge is 0.516 e. The molecule has 0 saturated carbocycles. The number of hydrogen-bond acceptors (Lipinski definition) is 6. The van der Waals surface area contributed by atoms with E-state index in [4.69, 9.17) is 14.1 Å². The van der Waals surface area contributed by atoms with E-state index in [1.807, 2.05) is 37.5 Å². The average molecular weight is 642 g/mol. The van der Waals surface area contributed by atoms with Crippen molar-refractivity contribution < 1.29 is 35.5 Å². The fraction of sp³-hybridized carbons (Fsp3) is 0.333. The number of carbonyl (C=O) groups is 1. The van der Waals surface area contributed by atoms with Crippen molar-refractivity contribution in [2.75, 3.05) is 11.3 Å². The number of rotatable bonds is 9. The number of ether oxygens (including phenoxy) is 1. The zero-order chi connectivity index (χ0) is 29.4. The molecule has 13 heteroatoms. The summed E-state index contributed by atoms with van der Waals surface area (Å²) in [6.45, 7) is 8.13. The molecule has 40 heavy (non-hydrogen) atoms. The number of nitrogens with zero attached hydrogens (tertiary/aromatic N) is 2. The third kappa shape index (κ3) is 5.62. The molecule has 0 amide bonds. The average Bonchev–Trinajstić information content (AvgIpc) is 3.41. The second-order valence-electron chi connectivity index (χ2n) is 9.25. The highest BCUT2D eigenvalue weighted by Gasteiger charge is 2.46. The lowest BCUT2D eigenvalue weighted by Gasteiger charge is -2.13. The Morgan fingerprint density at radius 3 is 2.50 bits per heavy atom. The lowest BCUT2D eigenvalue weighted by molar-refractivity contribution is -0.0429. The number of nitrogens with one attached hydrogen (secondary N) is 1. The maximum Gasteiger partial charge on any atom is 0.516 e. The van der Waals surface area contributed by atoms with E-state index in [2.05, 4.69) is 15.9 Å². The number of aryl methyl sites for hydroxylation is 1. The maximum atomic E-state index is 13.0. The van der Waals surface area contributed by atoms with Gasteiger partial charge < -0.3 is 13.7 Å². The Morgan fingerprint density at radius 1 is 1.18 bits per heavy atom. The van der Waals surface area contributed by atoms with E-state index in [9.17, 15) is 26.4 Å². The smallest absolute Gasteiger partial charge is 0.461 e. The number of fused-ring (bicyclic) bond motifs is 1. The molecule has 1 N–H and O–H groups in total. The van der Waals surface area contributed by atoms with E-state index >= 15 is 0 Å². The highest BCUT2D eigenvalue weighted by Crippen LogP contribution is 2.42. The topological polar surface area (TPSA) is 103 Å². The Labute approximate surface area is 237 Å². The molecular formula is C27H27BrF3N3O5S. The number of aromatic nitrogens is 2. The van der Waals surface area contributed by atoms with Crippen molar-refractivity contribution in [3.05, 3.63) is 69.7 Å². The van der Waals surface area contributed by atoms with Crippen LogP contribution in [0.5, 0.6) is 0 Å². The fourth-order valence-electron chi connectivity index (χ4n) is 4.32. The third-order valence-corrected chi connectivity index (χ3v) is 8.04. The van der Waals surface area contributed by atoms with E-state index in [0.717, 1.165) is 11.4 Å². The summed E-state index contributed by atoms with van der Waals surface area (Å²) in [5.74, 6) is 0.418. The van der Waals surface area contributed by atoms with Gasteiger partial charge in [-0.1, -0.05) is 39.0 Å². The minimum absolute atomic E-state index is 0.00569. The van der Waals surface area contributed by atoms with Gasteiger partial charge in [0.1, 0.15) is 11.4 Å². The molecular weight excluding hydrogens is 615 g/mol. The fourth-order valence-corrected chi connectivity index (χ4v) is 5.51. The van der Waals surface area contributed by atoms with Gasteiger partial charge in [0.05, 0.1) is 22.5 Å². The number of para-hydroxylation sites is 1. The molecule has 0 saturated heterocycles. The lowest BCUT2D eigenvalue weighted by Crippen LogP contribution is -2.30. The number of furan rings is 1. The van der Waals surface area contributed by atoms with Crippen LogP contribution in [0, 0.1) is 0 Å². The van der Waals surface area contributed by atoms with Gasteiger partial charge in [-0.2, -0.15) is 21.6 Å². The molecule has 0 aliphatic heterocycles. The molecule has 2 heterocycles. The van der Waals surface area contributed by atoms with E-state index in [1.165, 1.54) is 18.2 Å². The molecule has 4 aromatic rings. The maximum absolute atomic E-state index is 13.0. The summed E-state index contributed by atoms with van der Waals surface area (Å²) < 4.78 is 77.8. The van der Waals surface area contributed by atoms with Gasteiger partial charge in [0, 0.05) is 23.9 Å². The van der Waals surface area contributed by atoms with Gasteiger partial charge in [-0.15, -0.1) is 0 Å². The Hall–Kier alpha value is -3.32. The van der Waals surface area contributed by atoms with Crippen LogP contribution in [0.4, 0.5) is 18.9 Å². The van der Waals surface area contributed by atoms with Crippen molar-refractivity contribution in [1.29, 1.82) is 0 Å². The summed E-state index contributed by atoms with van der Waals surface area (Å²) in [7, 11) is -5.65. The van der Waals surface area contributed by atoms with E-state index < -0.39 is 21.5 Å². The van der Waals surface area contributed by atoms with Crippen LogP contribution in [0.25, 0.3) is 22.3 Å². The highest BCUT2D eigenvalue weighted by molar-refractivity contribution is 9.10. The zero-order valence-electron chi connectivity index (χ0n) is 22.1. The molecule has 0 fully saturated rings. The van der Waals surface area contributed by atoms with Crippen LogP contribution >= 0.6 is 15.9 Å². The standard InChI is InChI=1S/C27H27BrF3N3O5S/c1-5-21-32-23(15(3)4)24(26(35)38-6-2)34(21)14-16-11-12-20-18(13-16)22(28)25(39-20)17-9-7-8-10-19(17)33-40(36,37)27(29,30)31/h7-13,15,33H,5-6,14H2,1-4H3. The van der Waals surface area contributed by atoms with Crippen LogP contribution in [0.3, 0.4) is 0 Å². The van der Waals surface area contributed by atoms with Gasteiger partial charge in [0.2, 0.25) is 0 Å². The van der Waals surface area contributed by atoms with Crippen molar-refractivity contribution >= 4 is 48.6 Å². The second kappa shape index (κ2) is 11.3. The van der Waals surface area contributed by atoms with Crippen LogP contribution in [-0.2, 0) is 27.7 Å². The van der Waals surface area contributed by atoms with Gasteiger partial charge in [-0.3, -0.25) is 4.72 Å². The number of alkyl halides is 3. The predicted molar refractivity (Wildman–Crippen MR) is 149 cm³/mol. The summed E-state index contributed by atoms with van der Waals surface area (Å²) in [5.41, 5.74) is -3.37. The first-order chi connectivity index (χ1) is 18.8. The second-order valence-corrected chi connectivity index (χ2v) is 11.7. The van der Waals surface area contributed by atoms with Crippen molar-refractivity contribution in [3.63, 3.8) is 0 Å². The van der Waals surface area contributed by atoms with Crippen molar-refractivity contribution in [2.45, 2.75) is 52.1 Å². The number of hydrogen-bond donors (Lipinski definition) is 1. The molecule has 0 spiro atoms. The predicted octanol–water partition coefficient (Wildman–Crippen LogP) is 7.23. The molecule has 0 aliphatic rings. The van der Waals surface area contributed by atoms with Crippen LogP contribution in [0.15, 0.2) is 51.4 Å². The molecule has 0 atom stereocenters. The minimum Gasteiger partial charge on any atom is -0.461 e. The molecule has 0 bridgehead atoms.